The molecule has 0 fully saturated rings. The van der Waals surface area contributed by atoms with Gasteiger partial charge in [0.2, 0.25) is 0 Å². The molecule has 0 aliphatic heterocycles. The maximum atomic E-state index is 12.1. The van der Waals surface area contributed by atoms with Crippen molar-refractivity contribution in [3.63, 3.8) is 0 Å². The van der Waals surface area contributed by atoms with Crippen LogP contribution in [0.5, 0.6) is 0 Å². The van der Waals surface area contributed by atoms with Gasteiger partial charge in [0, 0.05) is 26.4 Å². The molecule has 104 valence electrons. The first-order valence-corrected chi connectivity index (χ1v) is 5.91. The number of nitro groups is 1. The first-order chi connectivity index (χ1) is 9.32. The lowest BCUT2D eigenvalue weighted by Crippen LogP contribution is -2.37. The van der Waals surface area contributed by atoms with E-state index in [0.29, 0.717) is 5.56 Å². The molecule has 0 atom stereocenters. The van der Waals surface area contributed by atoms with E-state index in [2.05, 4.69) is 0 Å². The zero-order valence-electron chi connectivity index (χ0n) is 10.7. The third-order valence-electron chi connectivity index (χ3n) is 2.90. The van der Waals surface area contributed by atoms with E-state index in [1.165, 1.54) is 43.1 Å². The summed E-state index contributed by atoms with van der Waals surface area (Å²) in [6.07, 6.45) is 1.34. The molecule has 0 bridgehead atoms. The zero-order chi connectivity index (χ0) is 15.0. The Labute approximate surface area is 117 Å². The molecule has 2 rings (SSSR count). The Hall–Kier alpha value is -2.41. The molecule has 20 heavy (non-hydrogen) atoms. The van der Waals surface area contributed by atoms with Crippen molar-refractivity contribution in [3.8, 4) is 11.1 Å². The Morgan fingerprint density at radius 2 is 1.90 bits per heavy atom. The predicted octanol–water partition coefficient (Wildman–Crippen LogP) is 1.31. The molecule has 1 heterocycles. The Kier molecular flexibility index (Phi) is 3.46. The van der Waals surface area contributed by atoms with E-state index in [9.17, 15) is 19.7 Å². The molecule has 1 aromatic heterocycles. The van der Waals surface area contributed by atoms with Crippen molar-refractivity contribution in [2.24, 2.45) is 14.1 Å². The van der Waals surface area contributed by atoms with E-state index in [1.54, 1.807) is 0 Å². The second-order valence-corrected chi connectivity index (χ2v) is 4.63. The number of benzene rings is 1. The highest BCUT2D eigenvalue weighted by Crippen LogP contribution is 2.28. The van der Waals surface area contributed by atoms with Crippen LogP contribution < -0.4 is 11.2 Å². The molecule has 0 unspecified atom stereocenters. The number of halogens is 1. The van der Waals surface area contributed by atoms with Crippen molar-refractivity contribution in [3.05, 3.63) is 60.4 Å². The number of nitro benzene ring substituents is 1. The molecule has 0 aliphatic carbocycles. The third kappa shape index (κ3) is 2.23. The summed E-state index contributed by atoms with van der Waals surface area (Å²) in [6, 6.07) is 4.06. The van der Waals surface area contributed by atoms with Gasteiger partial charge in [0.05, 0.1) is 10.5 Å². The topological polar surface area (TPSA) is 87.1 Å². The second kappa shape index (κ2) is 4.93. The number of hydrogen-bond donors (Lipinski definition) is 0. The van der Waals surface area contributed by atoms with Gasteiger partial charge in [-0.2, -0.15) is 0 Å². The second-order valence-electron chi connectivity index (χ2n) is 4.22. The first-order valence-electron chi connectivity index (χ1n) is 5.54. The van der Waals surface area contributed by atoms with Gasteiger partial charge >= 0.3 is 5.69 Å². The van der Waals surface area contributed by atoms with Crippen molar-refractivity contribution in [2.75, 3.05) is 0 Å². The fourth-order valence-corrected chi connectivity index (χ4v) is 2.01. The van der Waals surface area contributed by atoms with Crippen molar-refractivity contribution in [1.29, 1.82) is 0 Å². The third-order valence-corrected chi connectivity index (χ3v) is 3.22. The number of rotatable bonds is 2. The molecular weight excluding hydrogens is 286 g/mol. The summed E-state index contributed by atoms with van der Waals surface area (Å²) in [7, 11) is 2.84. The molecule has 2 aromatic rings. The van der Waals surface area contributed by atoms with Crippen LogP contribution >= 0.6 is 11.6 Å². The molecule has 8 heteroatoms. The maximum absolute atomic E-state index is 12.1. The van der Waals surface area contributed by atoms with E-state index in [0.717, 1.165) is 4.57 Å². The molecule has 0 radical (unpaired) electrons. The molecule has 0 spiro atoms. The number of aryl methyl sites for hydroxylation is 1. The van der Waals surface area contributed by atoms with Crippen LogP contribution in [0.25, 0.3) is 11.1 Å². The van der Waals surface area contributed by atoms with Crippen LogP contribution in [0, 0.1) is 10.1 Å². The average molecular weight is 296 g/mol. The van der Waals surface area contributed by atoms with E-state index in [4.69, 9.17) is 11.6 Å². The SMILES string of the molecule is Cn1cc(-c2ccc(Cl)c([N+](=O)[O-])c2)c(=O)n(C)c1=O. The standard InChI is InChI=1S/C12H10ClN3O4/c1-14-6-8(11(17)15(2)12(14)18)7-3-4-9(13)10(5-7)16(19)20/h3-6H,1-2H3. The highest BCUT2D eigenvalue weighted by atomic mass is 35.5. The van der Waals surface area contributed by atoms with Gasteiger partial charge in [-0.25, -0.2) is 4.79 Å². The Balaban J connectivity index is 2.76. The lowest BCUT2D eigenvalue weighted by Gasteiger charge is -2.07. The van der Waals surface area contributed by atoms with E-state index >= 15 is 0 Å². The number of nitrogens with zero attached hydrogens (tertiary/aromatic N) is 3. The predicted molar refractivity (Wildman–Crippen MR) is 74.0 cm³/mol. The summed E-state index contributed by atoms with van der Waals surface area (Å²) in [4.78, 5) is 33.9. The normalized spacial score (nSPS) is 10.6. The summed E-state index contributed by atoms with van der Waals surface area (Å²) in [5.41, 5.74) is -0.765. The average Bonchev–Trinajstić information content (AvgIpc) is 2.41. The minimum atomic E-state index is -0.627. The van der Waals surface area contributed by atoms with Crippen LogP contribution in [0.15, 0.2) is 34.0 Å². The van der Waals surface area contributed by atoms with E-state index < -0.39 is 16.2 Å². The molecule has 1 aromatic carbocycles. The summed E-state index contributed by atoms with van der Waals surface area (Å²) < 4.78 is 2.17. The van der Waals surface area contributed by atoms with E-state index in [-0.39, 0.29) is 16.3 Å². The summed E-state index contributed by atoms with van der Waals surface area (Å²) in [5.74, 6) is 0. The molecule has 0 N–H and O–H groups in total. The van der Waals surface area contributed by atoms with Gasteiger partial charge in [0.15, 0.2) is 0 Å². The molecule has 0 amide bonds. The van der Waals surface area contributed by atoms with Gasteiger partial charge in [-0.1, -0.05) is 17.7 Å². The van der Waals surface area contributed by atoms with Gasteiger partial charge < -0.3 is 4.57 Å². The van der Waals surface area contributed by atoms with Crippen LogP contribution in [-0.4, -0.2) is 14.1 Å². The van der Waals surface area contributed by atoms with E-state index in [1.807, 2.05) is 0 Å². The molecule has 7 nitrogen and oxygen atoms in total. The van der Waals surface area contributed by atoms with Crippen LogP contribution in [0.4, 0.5) is 5.69 Å². The molecule has 0 saturated heterocycles. The highest BCUT2D eigenvalue weighted by Gasteiger charge is 2.16. The van der Waals surface area contributed by atoms with Crippen LogP contribution in [0.2, 0.25) is 5.02 Å². The largest absolute Gasteiger partial charge is 0.330 e. The van der Waals surface area contributed by atoms with Crippen LogP contribution in [0.1, 0.15) is 0 Å². The van der Waals surface area contributed by atoms with Crippen molar-refractivity contribution in [2.45, 2.75) is 0 Å². The lowest BCUT2D eigenvalue weighted by atomic mass is 10.1. The zero-order valence-corrected chi connectivity index (χ0v) is 11.4. The van der Waals surface area contributed by atoms with Gasteiger partial charge in [0.1, 0.15) is 5.02 Å². The molecule has 0 saturated carbocycles. The van der Waals surface area contributed by atoms with Crippen LogP contribution in [0.3, 0.4) is 0 Å². The first kappa shape index (κ1) is 14.0. The Morgan fingerprint density at radius 3 is 2.50 bits per heavy atom. The Morgan fingerprint density at radius 1 is 1.25 bits per heavy atom. The van der Waals surface area contributed by atoms with Crippen molar-refractivity contribution < 1.29 is 4.92 Å². The highest BCUT2D eigenvalue weighted by molar-refractivity contribution is 6.32. The minimum Gasteiger partial charge on any atom is -0.303 e. The monoisotopic (exact) mass is 295 g/mol. The van der Waals surface area contributed by atoms with Gasteiger partial charge in [-0.3, -0.25) is 19.5 Å². The number of aromatic nitrogens is 2. The van der Waals surface area contributed by atoms with Crippen LogP contribution in [-0.2, 0) is 14.1 Å². The lowest BCUT2D eigenvalue weighted by molar-refractivity contribution is -0.384. The summed E-state index contributed by atoms with van der Waals surface area (Å²) in [5, 5.41) is 10.8. The molecule has 0 aliphatic rings. The van der Waals surface area contributed by atoms with Gasteiger partial charge in [-0.05, 0) is 11.6 Å². The molecular formula is C12H10ClN3O4. The quantitative estimate of drug-likeness (QED) is 0.617. The van der Waals surface area contributed by atoms with Crippen molar-refractivity contribution >= 4 is 17.3 Å². The van der Waals surface area contributed by atoms with Crippen molar-refractivity contribution in [1.82, 2.24) is 9.13 Å². The fraction of sp³-hybridized carbons (Fsp3) is 0.167. The smallest absolute Gasteiger partial charge is 0.303 e. The fourth-order valence-electron chi connectivity index (χ4n) is 1.83. The van der Waals surface area contributed by atoms with Gasteiger partial charge in [-0.15, -0.1) is 0 Å². The minimum absolute atomic E-state index is 0.0135. The summed E-state index contributed by atoms with van der Waals surface area (Å²) in [6.45, 7) is 0. The Bertz CT molecular complexity index is 822. The van der Waals surface area contributed by atoms with Gasteiger partial charge in [0.25, 0.3) is 11.2 Å². The number of hydrogen-bond acceptors (Lipinski definition) is 4. The summed E-state index contributed by atoms with van der Waals surface area (Å²) >= 11 is 5.73. The maximum Gasteiger partial charge on any atom is 0.330 e.